The molecule has 2 aromatic heterocycles. The van der Waals surface area contributed by atoms with E-state index in [2.05, 4.69) is 16.4 Å². The maximum atomic E-state index is 11.2. The Morgan fingerprint density at radius 1 is 1.34 bits per heavy atom. The highest BCUT2D eigenvalue weighted by Gasteiger charge is 2.56. The summed E-state index contributed by atoms with van der Waals surface area (Å²) in [5, 5.41) is 14.1. The molecule has 35 heavy (non-hydrogen) atoms. The number of anilines is 1. The smallest absolute Gasteiger partial charge is 0.350 e. The second kappa shape index (κ2) is 9.29. The molecule has 4 atom stereocenters. The number of nitriles is 1. The minimum Gasteiger partial charge on any atom is -0.381 e. The molecule has 13 heteroatoms. The molecule has 1 aliphatic carbocycles. The van der Waals surface area contributed by atoms with Crippen LogP contribution in [0.1, 0.15) is 51.3 Å². The van der Waals surface area contributed by atoms with Gasteiger partial charge >= 0.3 is 7.60 Å². The van der Waals surface area contributed by atoms with Gasteiger partial charge in [-0.25, -0.2) is 4.98 Å². The lowest BCUT2D eigenvalue weighted by molar-refractivity contribution is -0.201. The summed E-state index contributed by atoms with van der Waals surface area (Å²) in [4.78, 5) is 22.7. The molecule has 5 rings (SSSR count). The number of hydrogen-bond acceptors (Lipinski definition) is 8. The van der Waals surface area contributed by atoms with Crippen LogP contribution in [0.4, 0.5) is 5.69 Å². The molecule has 0 aromatic carbocycles. The molecule has 0 radical (unpaired) electrons. The Labute approximate surface area is 207 Å². The topological polar surface area (TPSA) is 148 Å². The van der Waals surface area contributed by atoms with E-state index < -0.39 is 44.3 Å². The fourth-order valence-electron chi connectivity index (χ4n) is 5.18. The first-order valence-electron chi connectivity index (χ1n) is 11.6. The van der Waals surface area contributed by atoms with Crippen molar-refractivity contribution in [2.24, 2.45) is 0 Å². The second-order valence-electron chi connectivity index (χ2n) is 9.64. The van der Waals surface area contributed by atoms with Crippen LogP contribution in [-0.2, 0) is 23.5 Å². The summed E-state index contributed by atoms with van der Waals surface area (Å²) in [5.74, 6) is -0.879. The number of hydrogen-bond donors (Lipinski definition) is 3. The van der Waals surface area contributed by atoms with E-state index in [9.17, 15) is 9.83 Å². The van der Waals surface area contributed by atoms with Gasteiger partial charge in [-0.05, 0) is 32.8 Å². The van der Waals surface area contributed by atoms with Crippen LogP contribution in [0.2, 0.25) is 5.15 Å². The van der Waals surface area contributed by atoms with Crippen molar-refractivity contribution in [2.45, 2.75) is 75.9 Å². The number of nitrogens with one attached hydrogen (secondary N) is 1. The van der Waals surface area contributed by atoms with Gasteiger partial charge in [-0.3, -0.25) is 4.57 Å². The van der Waals surface area contributed by atoms with E-state index in [-0.39, 0.29) is 17.8 Å². The predicted molar refractivity (Wildman–Crippen MR) is 126 cm³/mol. The third-order valence-corrected chi connectivity index (χ3v) is 7.37. The molecule has 0 amide bonds. The molecule has 2 aromatic rings. The lowest BCUT2D eigenvalue weighted by Gasteiger charge is -2.25. The molecular weight excluding hydrogens is 499 g/mol. The zero-order chi connectivity index (χ0) is 25.0. The van der Waals surface area contributed by atoms with E-state index in [0.717, 1.165) is 31.1 Å². The van der Waals surface area contributed by atoms with E-state index in [1.807, 2.05) is 12.3 Å². The van der Waals surface area contributed by atoms with Crippen molar-refractivity contribution in [3.63, 3.8) is 0 Å². The monoisotopic (exact) mass is 526 g/mol. The van der Waals surface area contributed by atoms with Crippen molar-refractivity contribution in [1.29, 1.82) is 5.26 Å². The normalized spacial score (nSPS) is 28.5. The van der Waals surface area contributed by atoms with Gasteiger partial charge in [0.25, 0.3) is 0 Å². The highest BCUT2D eigenvalue weighted by atomic mass is 35.5. The molecule has 3 N–H and O–H groups in total. The fourth-order valence-corrected chi connectivity index (χ4v) is 5.74. The Bertz CT molecular complexity index is 1200. The Balaban J connectivity index is 1.48. The SMILES string of the molecule is CC1(C)O[C@@H]2[C@@H](COCP(=O)(O)O)OC(n3ccc4c(NC5CCCC5)c(C#N)c(Cl)nc43)[C@@H]2O1. The number of rotatable bonds is 7. The first kappa shape index (κ1) is 24.9. The van der Waals surface area contributed by atoms with Crippen LogP contribution in [0.25, 0.3) is 11.0 Å². The lowest BCUT2D eigenvalue weighted by atomic mass is 10.1. The molecular formula is C22H28ClN4O7P. The van der Waals surface area contributed by atoms with Gasteiger partial charge in [0, 0.05) is 17.6 Å². The van der Waals surface area contributed by atoms with Crippen molar-refractivity contribution in [3.05, 3.63) is 23.0 Å². The molecule has 0 bridgehead atoms. The maximum Gasteiger partial charge on any atom is 0.350 e. The minimum atomic E-state index is -4.32. The van der Waals surface area contributed by atoms with Gasteiger partial charge in [0.05, 0.1) is 12.3 Å². The average molecular weight is 527 g/mol. The number of halogens is 1. The van der Waals surface area contributed by atoms with Gasteiger partial charge < -0.3 is 38.6 Å². The lowest BCUT2D eigenvalue weighted by Crippen LogP contribution is -2.33. The Morgan fingerprint density at radius 2 is 2.06 bits per heavy atom. The van der Waals surface area contributed by atoms with E-state index in [1.54, 1.807) is 18.4 Å². The van der Waals surface area contributed by atoms with Gasteiger partial charge in [-0.1, -0.05) is 24.4 Å². The van der Waals surface area contributed by atoms with Gasteiger partial charge in [0.15, 0.2) is 17.2 Å². The summed E-state index contributed by atoms with van der Waals surface area (Å²) >= 11 is 6.45. The standard InChI is InChI=1S/C22H28ClN4O7P/c1-22(2)33-17-15(10-31-11-35(28,29)30)32-21(18(17)34-22)27-8-7-13-16(25-12-5-3-4-6-12)14(9-24)19(23)26-20(13)27/h7-8,12,15,17-18,21H,3-6,10-11H2,1-2H3,(H,25,26)(H2,28,29,30)/t15-,17-,18-,21?/m1/s1. The molecule has 2 aliphatic heterocycles. The van der Waals surface area contributed by atoms with Crippen LogP contribution in [0.15, 0.2) is 12.3 Å². The van der Waals surface area contributed by atoms with Crippen molar-refractivity contribution >= 4 is 35.9 Å². The Hall–Kier alpha value is -1.74. The highest BCUT2D eigenvalue weighted by molar-refractivity contribution is 7.51. The zero-order valence-electron chi connectivity index (χ0n) is 19.4. The summed E-state index contributed by atoms with van der Waals surface area (Å²) in [5.41, 5.74) is 1.50. The van der Waals surface area contributed by atoms with Gasteiger partial charge in [-0.2, -0.15) is 5.26 Å². The number of ether oxygens (including phenoxy) is 4. The van der Waals surface area contributed by atoms with Crippen molar-refractivity contribution < 1.29 is 33.3 Å². The molecule has 2 saturated heterocycles. The number of aromatic nitrogens is 2. The van der Waals surface area contributed by atoms with Gasteiger partial charge in [-0.15, -0.1) is 0 Å². The third kappa shape index (κ3) is 4.95. The van der Waals surface area contributed by atoms with Gasteiger partial charge in [0.2, 0.25) is 0 Å². The predicted octanol–water partition coefficient (Wildman–Crippen LogP) is 3.49. The Kier molecular flexibility index (Phi) is 6.62. The molecule has 0 spiro atoms. The van der Waals surface area contributed by atoms with E-state index in [0.29, 0.717) is 16.9 Å². The van der Waals surface area contributed by atoms with Crippen LogP contribution in [-0.4, -0.2) is 62.4 Å². The van der Waals surface area contributed by atoms with E-state index in [1.165, 1.54) is 0 Å². The molecule has 3 aliphatic rings. The molecule has 1 unspecified atom stereocenters. The molecule has 3 fully saturated rings. The van der Waals surface area contributed by atoms with Crippen LogP contribution in [0, 0.1) is 11.3 Å². The maximum absolute atomic E-state index is 11.2. The summed E-state index contributed by atoms with van der Waals surface area (Å²) < 4.78 is 36.6. The quantitative estimate of drug-likeness (QED) is 0.361. The van der Waals surface area contributed by atoms with Gasteiger partial charge in [0.1, 0.15) is 41.9 Å². The summed E-state index contributed by atoms with van der Waals surface area (Å²) in [6, 6.07) is 4.31. The van der Waals surface area contributed by atoms with E-state index >= 15 is 0 Å². The Morgan fingerprint density at radius 3 is 2.74 bits per heavy atom. The fraction of sp³-hybridized carbons (Fsp3) is 0.636. The number of nitrogens with zero attached hydrogens (tertiary/aromatic N) is 3. The van der Waals surface area contributed by atoms with Crippen molar-refractivity contribution in [1.82, 2.24) is 9.55 Å². The summed E-state index contributed by atoms with van der Waals surface area (Å²) in [7, 11) is -4.32. The summed E-state index contributed by atoms with van der Waals surface area (Å²) in [6.45, 7) is 3.51. The first-order valence-corrected chi connectivity index (χ1v) is 13.7. The first-order chi connectivity index (χ1) is 16.6. The van der Waals surface area contributed by atoms with Crippen LogP contribution >= 0.6 is 19.2 Å². The van der Waals surface area contributed by atoms with Crippen LogP contribution < -0.4 is 5.32 Å². The third-order valence-electron chi connectivity index (χ3n) is 6.57. The highest BCUT2D eigenvalue weighted by Crippen LogP contribution is 2.45. The molecule has 4 heterocycles. The minimum absolute atomic E-state index is 0.0807. The largest absolute Gasteiger partial charge is 0.381 e. The van der Waals surface area contributed by atoms with Crippen LogP contribution in [0.5, 0.6) is 0 Å². The average Bonchev–Trinajstić information content (AvgIpc) is 3.52. The molecule has 1 saturated carbocycles. The summed E-state index contributed by atoms with van der Waals surface area (Å²) in [6.07, 6.45) is 3.11. The van der Waals surface area contributed by atoms with E-state index in [4.69, 9.17) is 40.3 Å². The van der Waals surface area contributed by atoms with Crippen LogP contribution in [0.3, 0.4) is 0 Å². The van der Waals surface area contributed by atoms with Crippen molar-refractivity contribution in [2.75, 3.05) is 18.3 Å². The zero-order valence-corrected chi connectivity index (χ0v) is 21.0. The molecule has 190 valence electrons. The second-order valence-corrected chi connectivity index (χ2v) is 11.6. The number of pyridine rings is 1. The molecule has 11 nitrogen and oxygen atoms in total. The number of fused-ring (bicyclic) bond motifs is 2. The van der Waals surface area contributed by atoms with Crippen molar-refractivity contribution in [3.8, 4) is 6.07 Å².